The van der Waals surface area contributed by atoms with Gasteiger partial charge in [0.1, 0.15) is 0 Å². The van der Waals surface area contributed by atoms with Gasteiger partial charge in [0, 0.05) is 51.7 Å². The Morgan fingerprint density at radius 1 is 1.12 bits per heavy atom. The Kier molecular flexibility index (Phi) is 5.78. The number of carbonyl (C=O) groups is 1. The second kappa shape index (κ2) is 7.84. The highest BCUT2D eigenvalue weighted by atomic mass is 16.2. The highest BCUT2D eigenvalue weighted by Gasteiger charge is 2.38. The van der Waals surface area contributed by atoms with E-state index in [1.807, 2.05) is 4.90 Å². The summed E-state index contributed by atoms with van der Waals surface area (Å²) >= 11 is 0. The van der Waals surface area contributed by atoms with E-state index in [0.717, 1.165) is 77.9 Å². The van der Waals surface area contributed by atoms with E-state index >= 15 is 0 Å². The number of hydrogen-bond acceptors (Lipinski definition) is 4. The molecule has 1 atom stereocenters. The molecule has 0 N–H and O–H groups in total. The molecule has 1 aliphatic carbocycles. The van der Waals surface area contributed by atoms with Crippen LogP contribution in [-0.4, -0.2) is 72.5 Å². The quantitative estimate of drug-likeness (QED) is 0.791. The van der Waals surface area contributed by atoms with Crippen LogP contribution in [-0.2, 0) is 4.79 Å². The molecule has 3 fully saturated rings. The molecule has 0 aromatic rings. The largest absolute Gasteiger partial charge is 0.341 e. The molecule has 1 unspecified atom stereocenters. The first-order valence-corrected chi connectivity index (χ1v) is 9.81. The summed E-state index contributed by atoms with van der Waals surface area (Å²) in [6, 6.07) is 3.02. The van der Waals surface area contributed by atoms with E-state index in [0.29, 0.717) is 12.5 Å². The minimum atomic E-state index is -0.375. The molecule has 1 saturated carbocycles. The van der Waals surface area contributed by atoms with E-state index in [9.17, 15) is 10.1 Å². The van der Waals surface area contributed by atoms with Crippen molar-refractivity contribution in [3.05, 3.63) is 0 Å². The van der Waals surface area contributed by atoms with E-state index in [1.54, 1.807) is 0 Å². The van der Waals surface area contributed by atoms with E-state index < -0.39 is 0 Å². The number of likely N-dealkylation sites (tertiary alicyclic amines) is 1. The number of nitrogens with zero attached hydrogens (tertiary/aromatic N) is 4. The van der Waals surface area contributed by atoms with Gasteiger partial charge in [-0.05, 0) is 25.8 Å². The lowest BCUT2D eigenvalue weighted by Crippen LogP contribution is -2.51. The van der Waals surface area contributed by atoms with Crippen molar-refractivity contribution in [2.45, 2.75) is 57.9 Å². The van der Waals surface area contributed by atoms with E-state index in [2.05, 4.69) is 22.8 Å². The van der Waals surface area contributed by atoms with Crippen LogP contribution < -0.4 is 0 Å². The van der Waals surface area contributed by atoms with Crippen LogP contribution in [0, 0.1) is 16.7 Å². The van der Waals surface area contributed by atoms with Gasteiger partial charge >= 0.3 is 0 Å². The van der Waals surface area contributed by atoms with Crippen molar-refractivity contribution in [3.8, 4) is 6.07 Å². The third-order valence-electron chi connectivity index (χ3n) is 6.42. The normalized spacial score (nSPS) is 28.7. The van der Waals surface area contributed by atoms with Crippen LogP contribution in [0.2, 0.25) is 0 Å². The number of amides is 1. The molecular formula is C19H32N4O. The number of piperazine rings is 1. The minimum Gasteiger partial charge on any atom is -0.341 e. The van der Waals surface area contributed by atoms with Crippen LogP contribution in [0.5, 0.6) is 0 Å². The predicted octanol–water partition coefficient (Wildman–Crippen LogP) is 2.09. The molecule has 0 spiro atoms. The van der Waals surface area contributed by atoms with Gasteiger partial charge in [0.25, 0.3) is 0 Å². The highest BCUT2D eigenvalue weighted by molar-refractivity contribution is 5.77. The second-order valence-electron chi connectivity index (χ2n) is 7.88. The summed E-state index contributed by atoms with van der Waals surface area (Å²) in [6.07, 6.45) is 6.78. The van der Waals surface area contributed by atoms with Crippen LogP contribution in [0.1, 0.15) is 51.9 Å². The fraction of sp³-hybridized carbons (Fsp3) is 0.895. The van der Waals surface area contributed by atoms with Gasteiger partial charge < -0.3 is 9.80 Å². The lowest BCUT2D eigenvalue weighted by Gasteiger charge is -2.37. The van der Waals surface area contributed by atoms with Gasteiger partial charge in [0.2, 0.25) is 5.91 Å². The first-order valence-electron chi connectivity index (χ1n) is 9.81. The number of carbonyl (C=O) groups excluding carboxylic acids is 1. The van der Waals surface area contributed by atoms with E-state index in [-0.39, 0.29) is 11.3 Å². The Morgan fingerprint density at radius 3 is 2.46 bits per heavy atom. The maximum Gasteiger partial charge on any atom is 0.224 e. The van der Waals surface area contributed by atoms with Gasteiger partial charge in [-0.15, -0.1) is 0 Å². The zero-order chi connectivity index (χ0) is 17.0. The topological polar surface area (TPSA) is 50.6 Å². The molecule has 0 radical (unpaired) electrons. The van der Waals surface area contributed by atoms with Gasteiger partial charge in [-0.1, -0.05) is 26.2 Å². The fourth-order valence-electron chi connectivity index (χ4n) is 4.67. The molecule has 2 aliphatic heterocycles. The summed E-state index contributed by atoms with van der Waals surface area (Å²) in [7, 11) is 0. The average molecular weight is 332 g/mol. The first kappa shape index (κ1) is 17.7. The summed E-state index contributed by atoms with van der Waals surface area (Å²) in [4.78, 5) is 19.8. The zero-order valence-corrected chi connectivity index (χ0v) is 15.2. The number of nitriles is 1. The van der Waals surface area contributed by atoms with Gasteiger partial charge in [-0.2, -0.15) is 5.26 Å². The van der Waals surface area contributed by atoms with Gasteiger partial charge in [-0.3, -0.25) is 9.69 Å². The molecule has 0 aromatic carbocycles. The maximum atomic E-state index is 12.8. The van der Waals surface area contributed by atoms with Crippen LogP contribution in [0.15, 0.2) is 0 Å². The number of likely N-dealkylation sites (N-methyl/N-ethyl adjacent to an activating group) is 1. The van der Waals surface area contributed by atoms with Crippen molar-refractivity contribution in [1.82, 2.24) is 14.7 Å². The molecule has 1 amide bonds. The molecule has 134 valence electrons. The summed E-state index contributed by atoms with van der Waals surface area (Å²) in [5.41, 5.74) is -0.375. The van der Waals surface area contributed by atoms with Crippen molar-refractivity contribution >= 4 is 5.91 Å². The molecular weight excluding hydrogens is 300 g/mol. The Hall–Kier alpha value is -1.12. The summed E-state index contributed by atoms with van der Waals surface area (Å²) in [6.45, 7) is 9.66. The Morgan fingerprint density at radius 2 is 1.83 bits per heavy atom. The third-order valence-corrected chi connectivity index (χ3v) is 6.42. The number of rotatable bonds is 4. The predicted molar refractivity (Wildman–Crippen MR) is 94.4 cm³/mol. The van der Waals surface area contributed by atoms with Gasteiger partial charge in [-0.25, -0.2) is 0 Å². The zero-order valence-electron chi connectivity index (χ0n) is 15.2. The fourth-order valence-corrected chi connectivity index (χ4v) is 4.67. The molecule has 3 aliphatic rings. The van der Waals surface area contributed by atoms with Crippen molar-refractivity contribution in [1.29, 1.82) is 5.26 Å². The molecule has 2 saturated heterocycles. The van der Waals surface area contributed by atoms with Gasteiger partial charge in [0.05, 0.1) is 11.5 Å². The minimum absolute atomic E-state index is 0.216. The SMILES string of the molecule is CCN1CCN(C2CCN(C(=O)CC3(C#N)CCCCC3)C2)CC1. The Balaban J connectivity index is 1.50. The number of hydrogen-bond donors (Lipinski definition) is 0. The second-order valence-corrected chi connectivity index (χ2v) is 7.88. The molecule has 2 heterocycles. The lowest BCUT2D eigenvalue weighted by molar-refractivity contribution is -0.132. The van der Waals surface area contributed by atoms with Crippen molar-refractivity contribution in [2.24, 2.45) is 5.41 Å². The molecule has 0 aromatic heterocycles. The van der Waals surface area contributed by atoms with Gasteiger partial charge in [0.15, 0.2) is 0 Å². The molecule has 3 rings (SSSR count). The molecule has 0 bridgehead atoms. The summed E-state index contributed by atoms with van der Waals surface area (Å²) < 4.78 is 0. The summed E-state index contributed by atoms with van der Waals surface area (Å²) in [5.74, 6) is 0.216. The van der Waals surface area contributed by atoms with E-state index in [4.69, 9.17) is 0 Å². The van der Waals surface area contributed by atoms with Crippen LogP contribution in [0.3, 0.4) is 0 Å². The average Bonchev–Trinajstić information content (AvgIpc) is 3.13. The maximum absolute atomic E-state index is 12.8. The van der Waals surface area contributed by atoms with E-state index in [1.165, 1.54) is 6.42 Å². The van der Waals surface area contributed by atoms with Crippen molar-refractivity contribution in [3.63, 3.8) is 0 Å². The first-order chi connectivity index (χ1) is 11.7. The molecule has 24 heavy (non-hydrogen) atoms. The standard InChI is InChI=1S/C19H32N4O/c1-2-21-10-12-22(13-11-21)17-6-9-23(15-17)18(24)14-19(16-20)7-4-3-5-8-19/h17H,2-15H2,1H3. The van der Waals surface area contributed by atoms with Crippen molar-refractivity contribution < 1.29 is 4.79 Å². The van der Waals surface area contributed by atoms with Crippen LogP contribution in [0.25, 0.3) is 0 Å². The molecule has 5 nitrogen and oxygen atoms in total. The summed E-state index contributed by atoms with van der Waals surface area (Å²) in [5, 5.41) is 9.60. The highest BCUT2D eigenvalue weighted by Crippen LogP contribution is 2.39. The van der Waals surface area contributed by atoms with Crippen LogP contribution in [0.4, 0.5) is 0 Å². The molecule has 5 heteroatoms. The monoisotopic (exact) mass is 332 g/mol. The lowest BCUT2D eigenvalue weighted by atomic mass is 9.73. The van der Waals surface area contributed by atoms with Crippen LogP contribution >= 0.6 is 0 Å². The Labute approximate surface area is 146 Å². The third kappa shape index (κ3) is 3.92. The Bertz CT molecular complexity index is 472. The van der Waals surface area contributed by atoms with Crippen molar-refractivity contribution in [2.75, 3.05) is 45.8 Å². The smallest absolute Gasteiger partial charge is 0.224 e.